The number of benzene rings is 1. The summed E-state index contributed by atoms with van der Waals surface area (Å²) < 4.78 is 0. The maximum absolute atomic E-state index is 4.31. The van der Waals surface area contributed by atoms with Crippen LogP contribution < -0.4 is 5.32 Å². The van der Waals surface area contributed by atoms with Crippen LogP contribution in [0.4, 0.5) is 0 Å². The molecule has 0 saturated heterocycles. The van der Waals surface area contributed by atoms with Crippen molar-refractivity contribution in [3.05, 3.63) is 65.0 Å². The maximum atomic E-state index is 4.31. The van der Waals surface area contributed by atoms with Crippen LogP contribution in [-0.2, 0) is 6.42 Å². The Morgan fingerprint density at radius 3 is 2.43 bits per heavy atom. The molecule has 1 atom stereocenters. The molecule has 0 bridgehead atoms. The highest BCUT2D eigenvalue weighted by Crippen LogP contribution is 2.24. The first-order valence-electron chi connectivity index (χ1n) is 7.99. The van der Waals surface area contributed by atoms with Gasteiger partial charge in [0, 0.05) is 12.4 Å². The zero-order chi connectivity index (χ0) is 15.1. The third-order valence-corrected chi connectivity index (χ3v) is 3.84. The van der Waals surface area contributed by atoms with Crippen LogP contribution in [0.15, 0.2) is 42.7 Å². The first-order valence-corrected chi connectivity index (χ1v) is 7.99. The molecule has 1 aromatic carbocycles. The van der Waals surface area contributed by atoms with E-state index in [-0.39, 0.29) is 6.04 Å². The monoisotopic (exact) mass is 282 g/mol. The molecule has 0 radical (unpaired) electrons. The van der Waals surface area contributed by atoms with Crippen LogP contribution >= 0.6 is 0 Å². The Morgan fingerprint density at radius 2 is 1.81 bits per heavy atom. The zero-order valence-corrected chi connectivity index (χ0v) is 13.4. The summed E-state index contributed by atoms with van der Waals surface area (Å²) in [6, 6.07) is 11.3. The molecule has 1 heterocycles. The van der Waals surface area contributed by atoms with Crippen LogP contribution in [-0.4, -0.2) is 11.5 Å². The van der Waals surface area contributed by atoms with Gasteiger partial charge in [0.1, 0.15) is 0 Å². The van der Waals surface area contributed by atoms with Gasteiger partial charge in [-0.15, -0.1) is 0 Å². The van der Waals surface area contributed by atoms with Crippen LogP contribution in [0.1, 0.15) is 55.0 Å². The van der Waals surface area contributed by atoms with Gasteiger partial charge in [-0.2, -0.15) is 0 Å². The highest BCUT2D eigenvalue weighted by molar-refractivity contribution is 5.36. The minimum absolute atomic E-state index is 0.231. The van der Waals surface area contributed by atoms with E-state index in [1.807, 2.05) is 12.4 Å². The van der Waals surface area contributed by atoms with Gasteiger partial charge in [0.15, 0.2) is 0 Å². The molecule has 0 amide bonds. The Labute approximate surface area is 128 Å². The Hall–Kier alpha value is -1.67. The largest absolute Gasteiger partial charge is 0.306 e. The van der Waals surface area contributed by atoms with Crippen LogP contribution in [0.3, 0.4) is 0 Å². The number of aromatic nitrogens is 1. The Kier molecular flexibility index (Phi) is 5.94. The van der Waals surface area contributed by atoms with Crippen molar-refractivity contribution in [1.29, 1.82) is 0 Å². The minimum Gasteiger partial charge on any atom is -0.306 e. The summed E-state index contributed by atoms with van der Waals surface area (Å²) in [6.07, 6.45) is 7.32. The lowest BCUT2D eigenvalue weighted by Crippen LogP contribution is -2.24. The zero-order valence-electron chi connectivity index (χ0n) is 13.4. The molecular weight excluding hydrogens is 256 g/mol. The summed E-state index contributed by atoms with van der Waals surface area (Å²) in [4.78, 5) is 4.31. The normalized spacial score (nSPS) is 12.3. The molecule has 0 aliphatic carbocycles. The van der Waals surface area contributed by atoms with E-state index in [0.29, 0.717) is 0 Å². The summed E-state index contributed by atoms with van der Waals surface area (Å²) in [7, 11) is 0. The fourth-order valence-corrected chi connectivity index (χ4v) is 2.64. The van der Waals surface area contributed by atoms with E-state index in [4.69, 9.17) is 0 Å². The number of pyridine rings is 1. The maximum Gasteiger partial charge on any atom is 0.0594 e. The molecule has 0 spiro atoms. The Bertz CT molecular complexity index is 546. The molecule has 2 heteroatoms. The third kappa shape index (κ3) is 4.15. The summed E-state index contributed by atoms with van der Waals surface area (Å²) in [5, 5.41) is 3.65. The van der Waals surface area contributed by atoms with Crippen LogP contribution in [0, 0.1) is 6.92 Å². The van der Waals surface area contributed by atoms with Crippen molar-refractivity contribution in [2.45, 2.75) is 46.1 Å². The third-order valence-electron chi connectivity index (χ3n) is 3.84. The number of nitrogens with zero attached hydrogens (tertiary/aromatic N) is 1. The lowest BCUT2D eigenvalue weighted by atomic mass is 9.95. The second kappa shape index (κ2) is 7.94. The predicted molar refractivity (Wildman–Crippen MR) is 89.5 cm³/mol. The molecule has 1 aromatic heterocycles. The molecule has 0 saturated carbocycles. The van der Waals surface area contributed by atoms with Crippen molar-refractivity contribution in [1.82, 2.24) is 10.3 Å². The number of hydrogen-bond acceptors (Lipinski definition) is 2. The number of hydrogen-bond donors (Lipinski definition) is 1. The van der Waals surface area contributed by atoms with Crippen molar-refractivity contribution in [2.24, 2.45) is 0 Å². The molecule has 1 N–H and O–H groups in total. The first kappa shape index (κ1) is 15.7. The van der Waals surface area contributed by atoms with Crippen LogP contribution in [0.2, 0.25) is 0 Å². The van der Waals surface area contributed by atoms with Gasteiger partial charge in [0.2, 0.25) is 0 Å². The molecule has 21 heavy (non-hydrogen) atoms. The second-order valence-corrected chi connectivity index (χ2v) is 5.61. The molecule has 0 aliphatic heterocycles. The van der Waals surface area contributed by atoms with Gasteiger partial charge in [-0.1, -0.05) is 44.5 Å². The van der Waals surface area contributed by atoms with Gasteiger partial charge in [-0.3, -0.25) is 4.98 Å². The smallest absolute Gasteiger partial charge is 0.0594 e. The summed E-state index contributed by atoms with van der Waals surface area (Å²) >= 11 is 0. The first-order chi connectivity index (χ1) is 10.3. The van der Waals surface area contributed by atoms with Gasteiger partial charge >= 0.3 is 0 Å². The lowest BCUT2D eigenvalue weighted by molar-refractivity contribution is 0.594. The fourth-order valence-electron chi connectivity index (χ4n) is 2.64. The molecule has 2 aromatic rings. The van der Waals surface area contributed by atoms with Gasteiger partial charge in [-0.25, -0.2) is 0 Å². The average Bonchev–Trinajstić information content (AvgIpc) is 2.51. The van der Waals surface area contributed by atoms with Crippen molar-refractivity contribution < 1.29 is 0 Å². The molecule has 2 nitrogen and oxygen atoms in total. The molecular formula is C19H26N2. The van der Waals surface area contributed by atoms with E-state index < -0.39 is 0 Å². The molecule has 0 fully saturated rings. The molecule has 0 aliphatic rings. The van der Waals surface area contributed by atoms with Crippen molar-refractivity contribution in [3.63, 3.8) is 0 Å². The van der Waals surface area contributed by atoms with Crippen molar-refractivity contribution in [2.75, 3.05) is 6.54 Å². The summed E-state index contributed by atoms with van der Waals surface area (Å²) in [5.41, 5.74) is 5.29. The highest BCUT2D eigenvalue weighted by atomic mass is 14.9. The van der Waals surface area contributed by atoms with Gasteiger partial charge in [0.05, 0.1) is 6.04 Å². The Morgan fingerprint density at radius 1 is 1.05 bits per heavy atom. The standard InChI is InChI=1S/C19H26N2/c1-4-6-16-7-9-17(10-8-16)19(21-12-5-2)18-14-20-13-11-15(18)3/h7-11,13-14,19,21H,4-6,12H2,1-3H3. The van der Waals surface area contributed by atoms with Crippen LogP contribution in [0.5, 0.6) is 0 Å². The second-order valence-electron chi connectivity index (χ2n) is 5.61. The molecule has 112 valence electrons. The van der Waals surface area contributed by atoms with E-state index >= 15 is 0 Å². The number of nitrogens with one attached hydrogen (secondary N) is 1. The van der Waals surface area contributed by atoms with E-state index in [9.17, 15) is 0 Å². The number of aryl methyl sites for hydroxylation is 2. The van der Waals surface area contributed by atoms with E-state index in [1.54, 1.807) is 0 Å². The molecule has 2 rings (SSSR count). The topological polar surface area (TPSA) is 24.9 Å². The Balaban J connectivity index is 2.29. The minimum atomic E-state index is 0.231. The van der Waals surface area contributed by atoms with E-state index in [2.05, 4.69) is 61.4 Å². The summed E-state index contributed by atoms with van der Waals surface area (Å²) in [6.45, 7) is 7.59. The summed E-state index contributed by atoms with van der Waals surface area (Å²) in [5.74, 6) is 0. The predicted octanol–water partition coefficient (Wildman–Crippen LogP) is 4.43. The van der Waals surface area contributed by atoms with Crippen LogP contribution in [0.25, 0.3) is 0 Å². The fraction of sp³-hybridized carbons (Fsp3) is 0.421. The van der Waals surface area contributed by atoms with Crippen molar-refractivity contribution >= 4 is 0 Å². The highest BCUT2D eigenvalue weighted by Gasteiger charge is 2.15. The quantitative estimate of drug-likeness (QED) is 0.812. The van der Waals surface area contributed by atoms with E-state index in [1.165, 1.54) is 28.7 Å². The molecule has 1 unspecified atom stereocenters. The SMILES string of the molecule is CCCNC(c1ccc(CCC)cc1)c1cnccc1C. The van der Waals surface area contributed by atoms with Gasteiger partial charge in [-0.05, 0) is 54.6 Å². The lowest BCUT2D eigenvalue weighted by Gasteiger charge is -2.21. The van der Waals surface area contributed by atoms with Gasteiger partial charge < -0.3 is 5.32 Å². The van der Waals surface area contributed by atoms with E-state index in [0.717, 1.165) is 19.4 Å². The van der Waals surface area contributed by atoms with Gasteiger partial charge in [0.25, 0.3) is 0 Å². The number of rotatable bonds is 7. The van der Waals surface area contributed by atoms with Crippen molar-refractivity contribution in [3.8, 4) is 0 Å². The average molecular weight is 282 g/mol.